The van der Waals surface area contributed by atoms with Crippen LogP contribution in [0.4, 0.5) is 5.82 Å². The summed E-state index contributed by atoms with van der Waals surface area (Å²) in [4.78, 5) is 8.62. The molecule has 0 radical (unpaired) electrons. The first-order valence-electron chi connectivity index (χ1n) is 6.32. The highest BCUT2D eigenvalue weighted by atomic mass is 32.2. The predicted molar refractivity (Wildman–Crippen MR) is 74.7 cm³/mol. The molecule has 1 N–H and O–H groups in total. The maximum atomic E-state index is 4.32. The van der Waals surface area contributed by atoms with E-state index >= 15 is 0 Å². The van der Waals surface area contributed by atoms with Crippen LogP contribution in [0.2, 0.25) is 0 Å². The molecule has 0 saturated heterocycles. The molecule has 1 aromatic heterocycles. The van der Waals surface area contributed by atoms with Gasteiger partial charge in [0.05, 0.1) is 0 Å². The van der Waals surface area contributed by atoms with Crippen molar-refractivity contribution in [3.05, 3.63) is 18.1 Å². The minimum atomic E-state index is 0.457. The lowest BCUT2D eigenvalue weighted by Crippen LogP contribution is -2.26. The molecule has 0 aliphatic heterocycles. The number of nitrogens with one attached hydrogen (secondary N) is 1. The quantitative estimate of drug-likeness (QED) is 0.891. The number of nitrogens with zero attached hydrogens (tertiary/aromatic N) is 2. The minimum absolute atomic E-state index is 0.457. The molecule has 2 rings (SSSR count). The lowest BCUT2D eigenvalue weighted by molar-refractivity contribution is 0.756. The summed E-state index contributed by atoms with van der Waals surface area (Å²) in [5, 5.41) is 4.29. The summed E-state index contributed by atoms with van der Waals surface area (Å²) in [6.45, 7) is 4.32. The molecule has 94 valence electrons. The number of rotatable bonds is 4. The van der Waals surface area contributed by atoms with Crippen molar-refractivity contribution in [2.75, 3.05) is 11.6 Å². The van der Waals surface area contributed by atoms with Gasteiger partial charge in [0, 0.05) is 23.1 Å². The van der Waals surface area contributed by atoms with Gasteiger partial charge >= 0.3 is 0 Å². The van der Waals surface area contributed by atoms with Crippen molar-refractivity contribution in [3.8, 4) is 0 Å². The van der Waals surface area contributed by atoms with Crippen molar-refractivity contribution >= 4 is 17.6 Å². The normalized spacial score (nSPS) is 24.2. The molecule has 1 aliphatic rings. The third-order valence-electron chi connectivity index (χ3n) is 3.37. The molecule has 17 heavy (non-hydrogen) atoms. The summed E-state index contributed by atoms with van der Waals surface area (Å²) in [6, 6.07) is 2.65. The summed E-state index contributed by atoms with van der Waals surface area (Å²) in [5.74, 6) is 1.44. The van der Waals surface area contributed by atoms with Crippen molar-refractivity contribution in [2.24, 2.45) is 0 Å². The third kappa shape index (κ3) is 3.12. The fourth-order valence-electron chi connectivity index (χ4n) is 2.33. The molecule has 2 atom stereocenters. The molecular weight excluding hydrogens is 230 g/mol. The van der Waals surface area contributed by atoms with Gasteiger partial charge in [0.25, 0.3) is 0 Å². The lowest BCUT2D eigenvalue weighted by Gasteiger charge is -2.20. The molecule has 4 heteroatoms. The molecule has 1 aromatic rings. The first-order chi connectivity index (χ1) is 8.20. The average molecular weight is 251 g/mol. The average Bonchev–Trinajstić information content (AvgIpc) is 2.76. The van der Waals surface area contributed by atoms with Crippen molar-refractivity contribution in [3.63, 3.8) is 0 Å². The van der Waals surface area contributed by atoms with E-state index < -0.39 is 0 Å². The Bertz CT molecular complexity index is 367. The van der Waals surface area contributed by atoms with Gasteiger partial charge in [-0.15, -0.1) is 0 Å². The Labute approximate surface area is 108 Å². The van der Waals surface area contributed by atoms with E-state index in [9.17, 15) is 0 Å². The van der Waals surface area contributed by atoms with Crippen molar-refractivity contribution in [1.82, 2.24) is 9.97 Å². The number of aromatic nitrogens is 2. The summed E-state index contributed by atoms with van der Waals surface area (Å²) >= 11 is 1.96. The molecule has 1 saturated carbocycles. The van der Waals surface area contributed by atoms with Crippen LogP contribution in [0.25, 0.3) is 0 Å². The summed E-state index contributed by atoms with van der Waals surface area (Å²) in [7, 11) is 0. The van der Waals surface area contributed by atoms with Gasteiger partial charge in [-0.05, 0) is 25.0 Å². The van der Waals surface area contributed by atoms with Gasteiger partial charge in [-0.1, -0.05) is 20.3 Å². The third-order valence-corrected chi connectivity index (χ3v) is 4.54. The van der Waals surface area contributed by atoms with Crippen molar-refractivity contribution in [1.29, 1.82) is 0 Å². The second kappa shape index (κ2) is 5.71. The molecule has 0 spiro atoms. The van der Waals surface area contributed by atoms with Gasteiger partial charge in [-0.2, -0.15) is 11.8 Å². The molecular formula is C13H21N3S. The molecule has 2 unspecified atom stereocenters. The Balaban J connectivity index is 2.05. The highest BCUT2D eigenvalue weighted by Gasteiger charge is 2.26. The molecule has 1 heterocycles. The van der Waals surface area contributed by atoms with E-state index in [-0.39, 0.29) is 0 Å². The van der Waals surface area contributed by atoms with E-state index in [0.29, 0.717) is 12.0 Å². The Kier molecular flexibility index (Phi) is 4.26. The topological polar surface area (TPSA) is 37.8 Å². The monoisotopic (exact) mass is 251 g/mol. The van der Waals surface area contributed by atoms with E-state index in [2.05, 4.69) is 41.5 Å². The molecule has 3 nitrogen and oxygen atoms in total. The Morgan fingerprint density at radius 2 is 2.18 bits per heavy atom. The zero-order valence-electron chi connectivity index (χ0n) is 10.8. The first kappa shape index (κ1) is 12.7. The van der Waals surface area contributed by atoms with Gasteiger partial charge in [0.1, 0.15) is 12.1 Å². The van der Waals surface area contributed by atoms with Crippen LogP contribution in [0.1, 0.15) is 44.7 Å². The van der Waals surface area contributed by atoms with Gasteiger partial charge in [-0.3, -0.25) is 0 Å². The molecule has 0 amide bonds. The van der Waals surface area contributed by atoms with Crippen LogP contribution in [-0.4, -0.2) is 27.5 Å². The number of anilines is 1. The number of hydrogen-bond donors (Lipinski definition) is 1. The predicted octanol–water partition coefficient (Wildman–Crippen LogP) is 3.30. The summed E-state index contributed by atoms with van der Waals surface area (Å²) in [6.07, 6.45) is 7.77. The standard InChI is InChI=1S/C13H21N3S/c1-9(2)11-7-13(15-8-14-11)16-10-5-4-6-12(10)17-3/h7-10,12H,4-6H2,1-3H3,(H,14,15,16). The Hall–Kier alpha value is -0.770. The van der Waals surface area contributed by atoms with E-state index in [1.807, 2.05) is 11.8 Å². The van der Waals surface area contributed by atoms with Crippen LogP contribution >= 0.6 is 11.8 Å². The fraction of sp³-hybridized carbons (Fsp3) is 0.692. The van der Waals surface area contributed by atoms with E-state index in [1.165, 1.54) is 19.3 Å². The molecule has 1 aliphatic carbocycles. The highest BCUT2D eigenvalue weighted by Crippen LogP contribution is 2.30. The van der Waals surface area contributed by atoms with Gasteiger partial charge in [0.2, 0.25) is 0 Å². The highest BCUT2D eigenvalue weighted by molar-refractivity contribution is 7.99. The Morgan fingerprint density at radius 3 is 2.88 bits per heavy atom. The van der Waals surface area contributed by atoms with E-state index in [0.717, 1.165) is 16.8 Å². The minimum Gasteiger partial charge on any atom is -0.366 e. The van der Waals surface area contributed by atoms with Crippen LogP contribution in [0.15, 0.2) is 12.4 Å². The number of thioether (sulfide) groups is 1. The maximum absolute atomic E-state index is 4.32. The number of hydrogen-bond acceptors (Lipinski definition) is 4. The van der Waals surface area contributed by atoms with Crippen molar-refractivity contribution in [2.45, 2.75) is 50.3 Å². The lowest BCUT2D eigenvalue weighted by atomic mass is 10.1. The van der Waals surface area contributed by atoms with Gasteiger partial charge in [-0.25, -0.2) is 9.97 Å². The van der Waals surface area contributed by atoms with Crippen molar-refractivity contribution < 1.29 is 0 Å². The Morgan fingerprint density at radius 1 is 1.35 bits per heavy atom. The van der Waals surface area contributed by atoms with Gasteiger partial charge < -0.3 is 5.32 Å². The molecule has 0 bridgehead atoms. The SMILES string of the molecule is CSC1CCCC1Nc1cc(C(C)C)ncn1. The second-order valence-electron chi connectivity index (χ2n) is 4.94. The first-order valence-corrected chi connectivity index (χ1v) is 7.60. The molecule has 0 aromatic carbocycles. The maximum Gasteiger partial charge on any atom is 0.129 e. The zero-order chi connectivity index (χ0) is 12.3. The van der Waals surface area contributed by atoms with Crippen LogP contribution in [-0.2, 0) is 0 Å². The van der Waals surface area contributed by atoms with Gasteiger partial charge in [0.15, 0.2) is 0 Å². The van der Waals surface area contributed by atoms with Crippen LogP contribution < -0.4 is 5.32 Å². The van der Waals surface area contributed by atoms with E-state index in [1.54, 1.807) is 6.33 Å². The summed E-state index contributed by atoms with van der Waals surface area (Å²) in [5.41, 5.74) is 1.11. The van der Waals surface area contributed by atoms with Crippen LogP contribution in [0.3, 0.4) is 0 Å². The zero-order valence-corrected chi connectivity index (χ0v) is 11.6. The van der Waals surface area contributed by atoms with E-state index in [4.69, 9.17) is 0 Å². The second-order valence-corrected chi connectivity index (χ2v) is 6.02. The fourth-order valence-corrected chi connectivity index (χ4v) is 3.27. The summed E-state index contributed by atoms with van der Waals surface area (Å²) < 4.78 is 0. The van der Waals surface area contributed by atoms with Crippen LogP contribution in [0, 0.1) is 0 Å². The van der Waals surface area contributed by atoms with Crippen LogP contribution in [0.5, 0.6) is 0 Å². The molecule has 1 fully saturated rings. The largest absolute Gasteiger partial charge is 0.366 e. The smallest absolute Gasteiger partial charge is 0.129 e.